The van der Waals surface area contributed by atoms with Crippen LogP contribution in [-0.4, -0.2) is 44.2 Å². The molecule has 0 spiro atoms. The lowest BCUT2D eigenvalue weighted by Gasteiger charge is -2.35. The molecule has 1 aliphatic heterocycles. The SMILES string of the molecule is C=Cc1cc(N2CCN(CC)CC2)ccc1OCC#N. The van der Waals surface area contributed by atoms with Gasteiger partial charge in [-0.1, -0.05) is 19.6 Å². The van der Waals surface area contributed by atoms with Gasteiger partial charge in [0.25, 0.3) is 0 Å². The summed E-state index contributed by atoms with van der Waals surface area (Å²) in [6.45, 7) is 11.5. The Morgan fingerprint density at radius 3 is 2.70 bits per heavy atom. The number of ether oxygens (including phenoxy) is 1. The van der Waals surface area contributed by atoms with Crippen molar-refractivity contribution in [2.45, 2.75) is 6.92 Å². The molecule has 1 saturated heterocycles. The molecule has 0 bridgehead atoms. The van der Waals surface area contributed by atoms with E-state index in [9.17, 15) is 0 Å². The summed E-state index contributed by atoms with van der Waals surface area (Å²) in [6.07, 6.45) is 1.78. The Balaban J connectivity index is 2.10. The number of anilines is 1. The minimum Gasteiger partial charge on any atom is -0.478 e. The van der Waals surface area contributed by atoms with Crippen LogP contribution in [0.15, 0.2) is 24.8 Å². The standard InChI is InChI=1S/C16H21N3O/c1-3-14-13-15(5-6-16(14)20-12-7-17)19-10-8-18(4-2)9-11-19/h3,5-6,13H,1,4,8-12H2,2H3. The molecule has 4 nitrogen and oxygen atoms in total. The first-order valence-electron chi connectivity index (χ1n) is 7.02. The largest absolute Gasteiger partial charge is 0.478 e. The molecule has 0 saturated carbocycles. The summed E-state index contributed by atoms with van der Waals surface area (Å²) in [5, 5.41) is 8.58. The van der Waals surface area contributed by atoms with Gasteiger partial charge in [0.15, 0.2) is 6.61 Å². The Morgan fingerprint density at radius 2 is 2.10 bits per heavy atom. The highest BCUT2D eigenvalue weighted by molar-refractivity contribution is 5.63. The lowest BCUT2D eigenvalue weighted by Crippen LogP contribution is -2.46. The van der Waals surface area contributed by atoms with E-state index in [1.54, 1.807) is 6.08 Å². The van der Waals surface area contributed by atoms with Crippen LogP contribution in [0.1, 0.15) is 12.5 Å². The first kappa shape index (κ1) is 14.4. The van der Waals surface area contributed by atoms with E-state index >= 15 is 0 Å². The van der Waals surface area contributed by atoms with E-state index in [-0.39, 0.29) is 6.61 Å². The van der Waals surface area contributed by atoms with Gasteiger partial charge in [0, 0.05) is 37.4 Å². The molecule has 20 heavy (non-hydrogen) atoms. The van der Waals surface area contributed by atoms with Crippen molar-refractivity contribution in [2.75, 3.05) is 44.2 Å². The quantitative estimate of drug-likeness (QED) is 0.824. The number of likely N-dealkylation sites (N-methyl/N-ethyl adjacent to an activating group) is 1. The molecule has 0 aromatic heterocycles. The molecule has 0 amide bonds. The Kier molecular flexibility index (Phi) is 5.03. The van der Waals surface area contributed by atoms with Gasteiger partial charge in [-0.25, -0.2) is 0 Å². The van der Waals surface area contributed by atoms with Crippen LogP contribution in [0.3, 0.4) is 0 Å². The highest BCUT2D eigenvalue weighted by Crippen LogP contribution is 2.26. The minimum absolute atomic E-state index is 0.0648. The van der Waals surface area contributed by atoms with Crippen molar-refractivity contribution in [1.29, 1.82) is 5.26 Å². The zero-order valence-corrected chi connectivity index (χ0v) is 12.0. The van der Waals surface area contributed by atoms with Gasteiger partial charge < -0.3 is 14.5 Å². The van der Waals surface area contributed by atoms with Gasteiger partial charge in [-0.05, 0) is 24.7 Å². The van der Waals surface area contributed by atoms with E-state index in [0.29, 0.717) is 0 Å². The summed E-state index contributed by atoms with van der Waals surface area (Å²) in [7, 11) is 0. The summed E-state index contributed by atoms with van der Waals surface area (Å²) in [4.78, 5) is 4.84. The zero-order chi connectivity index (χ0) is 14.4. The minimum atomic E-state index is 0.0648. The number of nitriles is 1. The molecule has 106 valence electrons. The van der Waals surface area contributed by atoms with Crippen LogP contribution in [0.2, 0.25) is 0 Å². The third-order valence-electron chi connectivity index (χ3n) is 3.69. The molecule has 1 fully saturated rings. The summed E-state index contributed by atoms with van der Waals surface area (Å²) < 4.78 is 5.39. The number of nitrogens with zero attached hydrogens (tertiary/aromatic N) is 3. The Hall–Kier alpha value is -1.99. The van der Waals surface area contributed by atoms with Gasteiger partial charge in [-0.3, -0.25) is 0 Å². The van der Waals surface area contributed by atoms with Gasteiger partial charge in [-0.15, -0.1) is 0 Å². The predicted octanol–water partition coefficient (Wildman–Crippen LogP) is 2.37. The maximum atomic E-state index is 8.58. The highest BCUT2D eigenvalue weighted by Gasteiger charge is 2.16. The van der Waals surface area contributed by atoms with Crippen LogP contribution in [0.25, 0.3) is 6.08 Å². The van der Waals surface area contributed by atoms with Gasteiger partial charge in [0.05, 0.1) is 0 Å². The van der Waals surface area contributed by atoms with Crippen molar-refractivity contribution >= 4 is 11.8 Å². The maximum Gasteiger partial charge on any atom is 0.174 e. The maximum absolute atomic E-state index is 8.58. The second kappa shape index (κ2) is 6.97. The van der Waals surface area contributed by atoms with E-state index in [0.717, 1.165) is 44.0 Å². The van der Waals surface area contributed by atoms with Crippen LogP contribution in [0, 0.1) is 11.3 Å². The summed E-state index contributed by atoms with van der Waals surface area (Å²) in [6, 6.07) is 8.05. The monoisotopic (exact) mass is 271 g/mol. The Morgan fingerprint density at radius 1 is 1.35 bits per heavy atom. The van der Waals surface area contributed by atoms with Crippen LogP contribution >= 0.6 is 0 Å². The summed E-state index contributed by atoms with van der Waals surface area (Å²) >= 11 is 0. The number of benzene rings is 1. The fraction of sp³-hybridized carbons (Fsp3) is 0.438. The lowest BCUT2D eigenvalue weighted by atomic mass is 10.1. The molecule has 0 N–H and O–H groups in total. The molecule has 0 atom stereocenters. The van der Waals surface area contributed by atoms with Crippen LogP contribution < -0.4 is 9.64 Å². The molecule has 1 aromatic carbocycles. The van der Waals surface area contributed by atoms with Gasteiger partial charge in [0.2, 0.25) is 0 Å². The third-order valence-corrected chi connectivity index (χ3v) is 3.69. The fourth-order valence-corrected chi connectivity index (χ4v) is 2.46. The number of rotatable bonds is 5. The molecule has 1 aromatic rings. The first-order valence-corrected chi connectivity index (χ1v) is 7.02. The molecular formula is C16H21N3O. The molecule has 0 aliphatic carbocycles. The van der Waals surface area contributed by atoms with Crippen molar-refractivity contribution in [1.82, 2.24) is 4.90 Å². The van der Waals surface area contributed by atoms with Crippen molar-refractivity contribution in [3.8, 4) is 11.8 Å². The first-order chi connectivity index (χ1) is 9.78. The second-order valence-electron chi connectivity index (χ2n) is 4.79. The van der Waals surface area contributed by atoms with E-state index in [2.05, 4.69) is 35.4 Å². The molecular weight excluding hydrogens is 250 g/mol. The summed E-state index contributed by atoms with van der Waals surface area (Å²) in [5.74, 6) is 0.720. The molecule has 2 rings (SSSR count). The van der Waals surface area contributed by atoms with Gasteiger partial charge in [-0.2, -0.15) is 5.26 Å². The fourth-order valence-electron chi connectivity index (χ4n) is 2.46. The molecule has 0 radical (unpaired) electrons. The van der Waals surface area contributed by atoms with Crippen LogP contribution in [0.5, 0.6) is 5.75 Å². The number of hydrogen-bond donors (Lipinski definition) is 0. The number of hydrogen-bond acceptors (Lipinski definition) is 4. The van der Waals surface area contributed by atoms with Crippen molar-refractivity contribution < 1.29 is 4.74 Å². The average molecular weight is 271 g/mol. The normalized spacial score (nSPS) is 15.7. The van der Waals surface area contributed by atoms with E-state index in [1.807, 2.05) is 12.1 Å². The Labute approximate surface area is 120 Å². The lowest BCUT2D eigenvalue weighted by molar-refractivity contribution is 0.271. The third kappa shape index (κ3) is 3.31. The highest BCUT2D eigenvalue weighted by atomic mass is 16.5. The van der Waals surface area contributed by atoms with Crippen LogP contribution in [-0.2, 0) is 0 Å². The molecule has 0 unspecified atom stereocenters. The topological polar surface area (TPSA) is 39.5 Å². The predicted molar refractivity (Wildman–Crippen MR) is 82.0 cm³/mol. The van der Waals surface area contributed by atoms with Crippen molar-refractivity contribution in [2.24, 2.45) is 0 Å². The average Bonchev–Trinajstić information content (AvgIpc) is 2.52. The van der Waals surface area contributed by atoms with Crippen molar-refractivity contribution in [3.63, 3.8) is 0 Å². The van der Waals surface area contributed by atoms with Crippen LogP contribution in [0.4, 0.5) is 5.69 Å². The van der Waals surface area contributed by atoms with Gasteiger partial charge in [0.1, 0.15) is 11.8 Å². The molecule has 4 heteroatoms. The zero-order valence-electron chi connectivity index (χ0n) is 12.0. The Bertz CT molecular complexity index is 499. The molecule has 1 heterocycles. The smallest absolute Gasteiger partial charge is 0.174 e. The van der Waals surface area contributed by atoms with Crippen molar-refractivity contribution in [3.05, 3.63) is 30.3 Å². The second-order valence-corrected chi connectivity index (χ2v) is 4.79. The summed E-state index contributed by atoms with van der Waals surface area (Å²) in [5.41, 5.74) is 2.13. The number of piperazine rings is 1. The van der Waals surface area contributed by atoms with E-state index in [1.165, 1.54) is 5.69 Å². The van der Waals surface area contributed by atoms with E-state index in [4.69, 9.17) is 10.00 Å². The van der Waals surface area contributed by atoms with E-state index < -0.39 is 0 Å². The van der Waals surface area contributed by atoms with Gasteiger partial charge >= 0.3 is 0 Å². The molecule has 1 aliphatic rings.